The maximum Gasteiger partial charge on any atom is 0.407 e. The van der Waals surface area contributed by atoms with Gasteiger partial charge < -0.3 is 15.4 Å². The van der Waals surface area contributed by atoms with Crippen molar-refractivity contribution in [3.8, 4) is 0 Å². The van der Waals surface area contributed by atoms with Crippen molar-refractivity contribution < 1.29 is 19.2 Å². The lowest BCUT2D eigenvalue weighted by molar-refractivity contribution is -0.385. The molecule has 0 saturated carbocycles. The molecule has 0 aliphatic carbocycles. The molecule has 1 unspecified atom stereocenters. The zero-order chi connectivity index (χ0) is 21.0. The summed E-state index contributed by atoms with van der Waals surface area (Å²) in [5, 5.41) is 16.8. The Morgan fingerprint density at radius 2 is 1.85 bits per heavy atom. The standard InChI is InChI=1S/C18H26ClN3O5/c1-11(2)18(6,10-20-16(24)27-17(3,4)5)21-15(23)13-8-7-12(19)9-14(13)22(25)26/h7-9,11H,10H2,1-6H3,(H,20,24)(H,21,23). The van der Waals surface area contributed by atoms with E-state index in [0.717, 1.165) is 6.07 Å². The molecular formula is C18H26ClN3O5. The van der Waals surface area contributed by atoms with Crippen LogP contribution in [0.25, 0.3) is 0 Å². The monoisotopic (exact) mass is 399 g/mol. The molecule has 9 heteroatoms. The number of hydrogen-bond acceptors (Lipinski definition) is 5. The summed E-state index contributed by atoms with van der Waals surface area (Å²) in [4.78, 5) is 35.1. The number of carbonyl (C=O) groups excluding carboxylic acids is 2. The molecule has 1 aromatic rings. The molecule has 27 heavy (non-hydrogen) atoms. The highest BCUT2D eigenvalue weighted by Gasteiger charge is 2.33. The van der Waals surface area contributed by atoms with Gasteiger partial charge in [0.25, 0.3) is 11.6 Å². The summed E-state index contributed by atoms with van der Waals surface area (Å²) in [5.41, 5.74) is -1.99. The Morgan fingerprint density at radius 1 is 1.26 bits per heavy atom. The minimum Gasteiger partial charge on any atom is -0.444 e. The molecule has 0 fully saturated rings. The van der Waals surface area contributed by atoms with Gasteiger partial charge in [0.2, 0.25) is 0 Å². The van der Waals surface area contributed by atoms with Gasteiger partial charge in [-0.3, -0.25) is 14.9 Å². The van der Waals surface area contributed by atoms with Crippen LogP contribution in [0.15, 0.2) is 18.2 Å². The largest absolute Gasteiger partial charge is 0.444 e. The van der Waals surface area contributed by atoms with Crippen LogP contribution in [0.2, 0.25) is 5.02 Å². The first-order chi connectivity index (χ1) is 12.2. The second-order valence-corrected chi connectivity index (χ2v) is 8.24. The van der Waals surface area contributed by atoms with Crippen LogP contribution in [-0.4, -0.2) is 34.6 Å². The number of halogens is 1. The molecule has 2 amide bonds. The Hall–Kier alpha value is -2.35. The van der Waals surface area contributed by atoms with Gasteiger partial charge in [-0.2, -0.15) is 0 Å². The average Bonchev–Trinajstić information content (AvgIpc) is 2.50. The van der Waals surface area contributed by atoms with E-state index in [1.54, 1.807) is 27.7 Å². The van der Waals surface area contributed by atoms with Crippen molar-refractivity contribution in [2.24, 2.45) is 5.92 Å². The van der Waals surface area contributed by atoms with Crippen molar-refractivity contribution in [3.05, 3.63) is 38.9 Å². The SMILES string of the molecule is CC(C)C(C)(CNC(=O)OC(C)(C)C)NC(=O)c1ccc(Cl)cc1[N+](=O)[O-]. The Kier molecular flexibility index (Phi) is 7.19. The van der Waals surface area contributed by atoms with E-state index in [9.17, 15) is 19.7 Å². The number of amides is 2. The lowest BCUT2D eigenvalue weighted by Gasteiger charge is -2.35. The van der Waals surface area contributed by atoms with Crippen molar-refractivity contribution in [3.63, 3.8) is 0 Å². The lowest BCUT2D eigenvalue weighted by Crippen LogP contribution is -2.57. The van der Waals surface area contributed by atoms with Gasteiger partial charge in [0.15, 0.2) is 0 Å². The maximum absolute atomic E-state index is 12.7. The first kappa shape index (κ1) is 22.7. The summed E-state index contributed by atoms with van der Waals surface area (Å²) in [7, 11) is 0. The van der Waals surface area contributed by atoms with E-state index in [1.807, 2.05) is 13.8 Å². The van der Waals surface area contributed by atoms with E-state index in [1.165, 1.54) is 12.1 Å². The molecule has 1 atom stereocenters. The fourth-order valence-electron chi connectivity index (χ4n) is 2.14. The summed E-state index contributed by atoms with van der Waals surface area (Å²) < 4.78 is 5.20. The van der Waals surface area contributed by atoms with Crippen LogP contribution >= 0.6 is 11.6 Å². The van der Waals surface area contributed by atoms with Crippen molar-refractivity contribution >= 4 is 29.3 Å². The van der Waals surface area contributed by atoms with Gasteiger partial charge in [-0.1, -0.05) is 25.4 Å². The molecule has 0 bridgehead atoms. The number of carbonyl (C=O) groups is 2. The highest BCUT2D eigenvalue weighted by atomic mass is 35.5. The lowest BCUT2D eigenvalue weighted by atomic mass is 9.88. The molecule has 0 radical (unpaired) electrons. The fourth-order valence-corrected chi connectivity index (χ4v) is 2.30. The second kappa shape index (κ2) is 8.56. The number of nitrogens with one attached hydrogen (secondary N) is 2. The van der Waals surface area contributed by atoms with Crippen LogP contribution in [0.1, 0.15) is 51.9 Å². The van der Waals surface area contributed by atoms with E-state index in [2.05, 4.69) is 10.6 Å². The average molecular weight is 400 g/mol. The number of ether oxygens (including phenoxy) is 1. The van der Waals surface area contributed by atoms with Crippen molar-refractivity contribution in [1.29, 1.82) is 0 Å². The van der Waals surface area contributed by atoms with Gasteiger partial charge in [0.1, 0.15) is 11.2 Å². The van der Waals surface area contributed by atoms with Crippen LogP contribution in [0.5, 0.6) is 0 Å². The molecule has 150 valence electrons. The van der Waals surface area contributed by atoms with Gasteiger partial charge in [-0.25, -0.2) is 4.79 Å². The molecule has 1 rings (SSSR count). The summed E-state index contributed by atoms with van der Waals surface area (Å²) in [6, 6.07) is 3.84. The predicted octanol–water partition coefficient (Wildman–Crippen LogP) is 3.92. The Labute approximate surface area is 163 Å². The van der Waals surface area contributed by atoms with Crippen molar-refractivity contribution in [2.75, 3.05) is 6.54 Å². The molecule has 0 aliphatic rings. The molecule has 0 aliphatic heterocycles. The van der Waals surface area contributed by atoms with E-state index in [0.29, 0.717) is 0 Å². The van der Waals surface area contributed by atoms with Crippen LogP contribution in [0.3, 0.4) is 0 Å². The third kappa shape index (κ3) is 6.71. The maximum atomic E-state index is 12.7. The van der Waals surface area contributed by atoms with Gasteiger partial charge in [0, 0.05) is 17.6 Å². The van der Waals surface area contributed by atoms with Gasteiger partial charge in [0.05, 0.1) is 10.5 Å². The highest BCUT2D eigenvalue weighted by Crippen LogP contribution is 2.25. The topological polar surface area (TPSA) is 111 Å². The Morgan fingerprint density at radius 3 is 2.33 bits per heavy atom. The van der Waals surface area contributed by atoms with Gasteiger partial charge in [-0.05, 0) is 45.7 Å². The first-order valence-corrected chi connectivity index (χ1v) is 8.86. The normalized spacial score (nSPS) is 13.6. The summed E-state index contributed by atoms with van der Waals surface area (Å²) >= 11 is 5.79. The molecule has 0 spiro atoms. The molecule has 2 N–H and O–H groups in total. The predicted molar refractivity (Wildman–Crippen MR) is 103 cm³/mol. The number of nitro groups is 1. The second-order valence-electron chi connectivity index (χ2n) is 7.80. The zero-order valence-electron chi connectivity index (χ0n) is 16.4. The minimum atomic E-state index is -0.860. The number of alkyl carbamates (subject to hydrolysis) is 1. The number of hydrogen-bond donors (Lipinski definition) is 2. The highest BCUT2D eigenvalue weighted by molar-refractivity contribution is 6.31. The Bertz CT molecular complexity index is 730. The van der Waals surface area contributed by atoms with E-state index in [4.69, 9.17) is 16.3 Å². The van der Waals surface area contributed by atoms with E-state index < -0.39 is 28.1 Å². The third-order valence-electron chi connectivity index (χ3n) is 4.07. The Balaban J connectivity index is 2.98. The van der Waals surface area contributed by atoms with E-state index in [-0.39, 0.29) is 28.7 Å². The summed E-state index contributed by atoms with van der Waals surface area (Å²) in [6.45, 7) is 10.8. The number of benzene rings is 1. The number of nitrogens with zero attached hydrogens (tertiary/aromatic N) is 1. The van der Waals surface area contributed by atoms with Gasteiger partial charge >= 0.3 is 6.09 Å². The van der Waals surface area contributed by atoms with E-state index >= 15 is 0 Å². The first-order valence-electron chi connectivity index (χ1n) is 8.48. The van der Waals surface area contributed by atoms with Crippen molar-refractivity contribution in [1.82, 2.24) is 10.6 Å². The third-order valence-corrected chi connectivity index (χ3v) is 4.31. The van der Waals surface area contributed by atoms with Crippen LogP contribution in [-0.2, 0) is 4.74 Å². The molecule has 0 saturated heterocycles. The van der Waals surface area contributed by atoms with Crippen LogP contribution in [0.4, 0.5) is 10.5 Å². The van der Waals surface area contributed by atoms with Gasteiger partial charge in [-0.15, -0.1) is 0 Å². The van der Waals surface area contributed by atoms with Crippen LogP contribution in [0, 0.1) is 16.0 Å². The summed E-state index contributed by atoms with van der Waals surface area (Å²) in [5.74, 6) is -0.705. The zero-order valence-corrected chi connectivity index (χ0v) is 17.1. The molecular weight excluding hydrogens is 374 g/mol. The fraction of sp³-hybridized carbons (Fsp3) is 0.556. The summed E-state index contributed by atoms with van der Waals surface area (Å²) in [6.07, 6.45) is -0.610. The molecule has 0 heterocycles. The van der Waals surface area contributed by atoms with Crippen molar-refractivity contribution in [2.45, 2.75) is 52.7 Å². The quantitative estimate of drug-likeness (QED) is 0.556. The minimum absolute atomic E-state index is 0.0808. The number of nitro benzene ring substituents is 1. The molecule has 1 aromatic carbocycles. The smallest absolute Gasteiger partial charge is 0.407 e. The number of rotatable bonds is 6. The molecule has 0 aromatic heterocycles. The van der Waals surface area contributed by atoms with Crippen LogP contribution < -0.4 is 10.6 Å². The molecule has 8 nitrogen and oxygen atoms in total.